The number of carbonyl (C=O) groups is 1. The topological polar surface area (TPSA) is 17.1 Å². The van der Waals surface area contributed by atoms with Crippen LogP contribution in [0.15, 0.2) is 40.4 Å². The van der Waals surface area contributed by atoms with Gasteiger partial charge in [-0.2, -0.15) is 30.7 Å². The van der Waals surface area contributed by atoms with Crippen LogP contribution in [0.3, 0.4) is 0 Å². The van der Waals surface area contributed by atoms with Crippen LogP contribution < -0.4 is 0 Å². The van der Waals surface area contributed by atoms with Crippen molar-refractivity contribution >= 4 is 21.7 Å². The van der Waals surface area contributed by atoms with Crippen LogP contribution in [-0.2, 0) is 0 Å². The summed E-state index contributed by atoms with van der Waals surface area (Å²) in [4.78, 5) is 11.4. The minimum absolute atomic E-state index is 0.337. The van der Waals surface area contributed by atoms with E-state index in [1.165, 1.54) is 0 Å². The molecule has 0 saturated heterocycles. The van der Waals surface area contributed by atoms with Crippen molar-refractivity contribution in [3.63, 3.8) is 0 Å². The van der Waals surface area contributed by atoms with E-state index in [0.717, 1.165) is 24.3 Å². The van der Waals surface area contributed by atoms with Crippen LogP contribution in [-0.4, -0.2) is 23.8 Å². The molecule has 0 fully saturated rings. The van der Waals surface area contributed by atoms with Crippen molar-refractivity contribution < 1.29 is 44.3 Å². The van der Waals surface area contributed by atoms with Crippen LogP contribution in [0.4, 0.5) is 39.5 Å². The Morgan fingerprint density at radius 1 is 0.826 bits per heavy atom. The molecule has 0 aromatic heterocycles. The van der Waals surface area contributed by atoms with Crippen LogP contribution in [0, 0.1) is 0 Å². The highest BCUT2D eigenvalue weighted by Gasteiger charge is 2.76. The second-order valence-electron chi connectivity index (χ2n) is 4.12. The van der Waals surface area contributed by atoms with E-state index in [0.29, 0.717) is 4.47 Å². The number of benzene rings is 1. The maximum absolute atomic E-state index is 13.4. The van der Waals surface area contributed by atoms with E-state index in [9.17, 15) is 44.3 Å². The first kappa shape index (κ1) is 19.5. The quantitative estimate of drug-likeness (QED) is 0.356. The number of rotatable bonds is 3. The largest absolute Gasteiger partial charge is 0.438 e. The monoisotopic (exact) mass is 414 g/mol. The smallest absolute Gasteiger partial charge is 0.286 e. The summed E-state index contributed by atoms with van der Waals surface area (Å²) < 4.78 is 114. The fourth-order valence-electron chi connectivity index (χ4n) is 1.39. The first-order chi connectivity index (χ1) is 10.2. The molecule has 11 heteroatoms. The molecule has 0 amide bonds. The maximum Gasteiger partial charge on any atom is 0.438 e. The molecule has 0 heterocycles. The van der Waals surface area contributed by atoms with Gasteiger partial charge in [-0.1, -0.05) is 15.9 Å². The molecule has 0 bridgehead atoms. The molecular formula is C12H4BrF9O. The van der Waals surface area contributed by atoms with Crippen LogP contribution in [0.5, 0.6) is 0 Å². The van der Waals surface area contributed by atoms with Crippen molar-refractivity contribution in [3.8, 4) is 0 Å². The minimum atomic E-state index is -6.85. The zero-order chi connectivity index (χ0) is 18.2. The van der Waals surface area contributed by atoms with Gasteiger partial charge in [0.2, 0.25) is 11.6 Å². The third-order valence-corrected chi connectivity index (χ3v) is 3.11. The van der Waals surface area contributed by atoms with Crippen LogP contribution in [0.25, 0.3) is 0 Å². The Kier molecular flexibility index (Phi) is 5.24. The summed E-state index contributed by atoms with van der Waals surface area (Å²) in [5.74, 6) is -9.18. The van der Waals surface area contributed by atoms with Crippen molar-refractivity contribution in [3.05, 3.63) is 46.0 Å². The van der Waals surface area contributed by atoms with Crippen LogP contribution in [0.2, 0.25) is 0 Å². The Labute approximate surface area is 130 Å². The van der Waals surface area contributed by atoms with Gasteiger partial charge >= 0.3 is 18.0 Å². The standard InChI is InChI=1S/C12H4BrF9O/c13-6-3-1-5(2-4-6)8(23)7(14)9(15)10(16,11(17,18)19)12(20,21)22/h1-4H/b9-7+. The van der Waals surface area contributed by atoms with Crippen molar-refractivity contribution in [2.75, 3.05) is 0 Å². The highest BCUT2D eigenvalue weighted by molar-refractivity contribution is 9.10. The zero-order valence-corrected chi connectivity index (χ0v) is 12.1. The number of alkyl halides is 7. The number of hydrogen-bond acceptors (Lipinski definition) is 1. The summed E-state index contributed by atoms with van der Waals surface area (Å²) in [5, 5.41) is 0. The van der Waals surface area contributed by atoms with Crippen molar-refractivity contribution in [1.82, 2.24) is 0 Å². The Hall–Kier alpha value is -1.52. The molecular weight excluding hydrogens is 411 g/mol. The van der Waals surface area contributed by atoms with Gasteiger partial charge in [-0.05, 0) is 24.3 Å². The third-order valence-electron chi connectivity index (χ3n) is 2.58. The fraction of sp³-hybridized carbons (Fsp3) is 0.250. The second kappa shape index (κ2) is 6.17. The normalized spacial score (nSPS) is 14.5. The van der Waals surface area contributed by atoms with Gasteiger partial charge in [0.05, 0.1) is 0 Å². The molecule has 0 aliphatic heterocycles. The lowest BCUT2D eigenvalue weighted by atomic mass is 9.99. The van der Waals surface area contributed by atoms with E-state index in [1.54, 1.807) is 0 Å². The molecule has 23 heavy (non-hydrogen) atoms. The van der Waals surface area contributed by atoms with Gasteiger partial charge in [0.15, 0.2) is 5.83 Å². The first-order valence-electron chi connectivity index (χ1n) is 5.42. The molecule has 1 aromatic carbocycles. The summed E-state index contributed by atoms with van der Waals surface area (Å²) in [6.45, 7) is 0. The van der Waals surface area contributed by atoms with Gasteiger partial charge in [0.1, 0.15) is 0 Å². The van der Waals surface area contributed by atoms with Gasteiger partial charge in [0, 0.05) is 10.0 Å². The number of ketones is 1. The fourth-order valence-corrected chi connectivity index (χ4v) is 1.65. The summed E-state index contributed by atoms with van der Waals surface area (Å²) in [6, 6.07) is 3.77. The number of hydrogen-bond donors (Lipinski definition) is 0. The molecule has 0 aliphatic carbocycles. The lowest BCUT2D eigenvalue weighted by Gasteiger charge is -2.28. The summed E-state index contributed by atoms with van der Waals surface area (Å²) in [7, 11) is 0. The Bertz CT molecular complexity index is 613. The van der Waals surface area contributed by atoms with Crippen molar-refractivity contribution in [1.29, 1.82) is 0 Å². The molecule has 1 nitrogen and oxygen atoms in total. The highest BCUT2D eigenvalue weighted by Crippen LogP contribution is 2.52. The molecule has 1 aromatic rings. The summed E-state index contributed by atoms with van der Waals surface area (Å²) in [6.07, 6.45) is -13.7. The number of carbonyl (C=O) groups excluding carboxylic acids is 1. The highest BCUT2D eigenvalue weighted by atomic mass is 79.9. The predicted octanol–water partition coefficient (Wildman–Crippen LogP) is 5.62. The van der Waals surface area contributed by atoms with Gasteiger partial charge in [-0.25, -0.2) is 8.78 Å². The van der Waals surface area contributed by atoms with E-state index in [-0.39, 0.29) is 0 Å². The third kappa shape index (κ3) is 3.54. The Balaban J connectivity index is 3.46. The average molecular weight is 415 g/mol. The van der Waals surface area contributed by atoms with Gasteiger partial charge in [-0.15, -0.1) is 0 Å². The molecule has 0 unspecified atom stereocenters. The van der Waals surface area contributed by atoms with E-state index in [4.69, 9.17) is 0 Å². The van der Waals surface area contributed by atoms with Gasteiger partial charge in [-0.3, -0.25) is 4.79 Å². The Morgan fingerprint density at radius 3 is 1.57 bits per heavy atom. The van der Waals surface area contributed by atoms with Gasteiger partial charge < -0.3 is 0 Å². The molecule has 128 valence electrons. The van der Waals surface area contributed by atoms with E-state index in [1.807, 2.05) is 0 Å². The summed E-state index contributed by atoms with van der Waals surface area (Å²) >= 11 is 2.90. The SMILES string of the molecule is O=C(/C(F)=C(\F)C(F)(C(F)(F)F)C(F)(F)F)c1ccc(Br)cc1. The van der Waals surface area contributed by atoms with Crippen LogP contribution in [0.1, 0.15) is 10.4 Å². The van der Waals surface area contributed by atoms with Crippen molar-refractivity contribution in [2.45, 2.75) is 18.0 Å². The zero-order valence-electron chi connectivity index (χ0n) is 10.5. The van der Waals surface area contributed by atoms with Crippen LogP contribution >= 0.6 is 15.9 Å². The number of Topliss-reactive ketones (excluding diaryl/α,β-unsaturated/α-hetero) is 1. The molecule has 0 spiro atoms. The maximum atomic E-state index is 13.4. The van der Waals surface area contributed by atoms with E-state index < -0.39 is 41.0 Å². The van der Waals surface area contributed by atoms with E-state index in [2.05, 4.69) is 15.9 Å². The van der Waals surface area contributed by atoms with Crippen molar-refractivity contribution in [2.24, 2.45) is 0 Å². The predicted molar refractivity (Wildman–Crippen MR) is 63.7 cm³/mol. The molecule has 0 saturated carbocycles. The molecule has 0 aliphatic rings. The Morgan fingerprint density at radius 2 is 1.22 bits per heavy atom. The molecule has 0 N–H and O–H groups in total. The lowest BCUT2D eigenvalue weighted by molar-refractivity contribution is -0.331. The number of halogens is 10. The average Bonchev–Trinajstić information content (AvgIpc) is 2.42. The van der Waals surface area contributed by atoms with E-state index >= 15 is 0 Å². The number of allylic oxidation sites excluding steroid dienone is 2. The molecule has 0 atom stereocenters. The molecule has 0 radical (unpaired) electrons. The second-order valence-corrected chi connectivity index (χ2v) is 5.03. The van der Waals surface area contributed by atoms with Gasteiger partial charge in [0.25, 0.3) is 0 Å². The lowest BCUT2D eigenvalue weighted by Crippen LogP contribution is -2.54. The molecule has 1 rings (SSSR count). The minimum Gasteiger partial charge on any atom is -0.286 e. The first-order valence-corrected chi connectivity index (χ1v) is 6.21. The summed E-state index contributed by atoms with van der Waals surface area (Å²) in [5.41, 5.74) is -7.40.